The minimum Gasteiger partial charge on any atom is -0.507 e. The monoisotopic (exact) mass is 1710 g/mol. The lowest BCUT2D eigenvalue weighted by atomic mass is 9.90. The third-order valence-electron chi connectivity index (χ3n) is 21.2. The maximum absolute atomic E-state index is 13.8. The molecule has 2 saturated heterocycles. The summed E-state index contributed by atoms with van der Waals surface area (Å²) in [4.78, 5) is 58.2. The predicted octanol–water partition coefficient (Wildman–Crippen LogP) is 10.4. The Hall–Kier alpha value is -11.7. The van der Waals surface area contributed by atoms with Gasteiger partial charge in [-0.1, -0.05) is 118 Å². The quantitative estimate of drug-likeness (QED) is 0.0216. The van der Waals surface area contributed by atoms with Gasteiger partial charge < -0.3 is 135 Å². The Labute approximate surface area is 698 Å². The van der Waals surface area contributed by atoms with E-state index in [1.54, 1.807) is 0 Å². The van der Waals surface area contributed by atoms with Crippen LogP contribution in [-0.2, 0) is 25.5 Å². The number of nitrogens with one attached hydrogen (secondary N) is 1. The van der Waals surface area contributed by atoms with Crippen LogP contribution in [0, 0.1) is 5.92 Å². The topological polar surface area (TPSA) is 582 Å². The van der Waals surface area contributed by atoms with Crippen molar-refractivity contribution >= 4 is 76.4 Å². The molecule has 121 heavy (non-hydrogen) atoms. The molecule has 15 rings (SSSR count). The number of fused-ring (bicyclic) bond motifs is 12. The van der Waals surface area contributed by atoms with Crippen LogP contribution in [-0.4, -0.2) is 237 Å². The number of unbranched alkanes of at least 4 members (excludes halogenated alkanes) is 5. The fourth-order valence-electron chi connectivity index (χ4n) is 14.8. The lowest BCUT2D eigenvalue weighted by Crippen LogP contribution is -2.60. The van der Waals surface area contributed by atoms with Gasteiger partial charge in [-0.3, -0.25) is 0 Å². The number of aliphatic carboxylic acids is 2. The fourth-order valence-corrected chi connectivity index (χ4v) is 15.2. The molecule has 7 aromatic rings. The van der Waals surface area contributed by atoms with Crippen molar-refractivity contribution < 1.29 is 140 Å². The summed E-state index contributed by atoms with van der Waals surface area (Å²) in [6.07, 6.45) is -15.4. The van der Waals surface area contributed by atoms with Gasteiger partial charge in [0.15, 0.2) is 65.2 Å². The molecule has 8 aliphatic rings. The number of aliphatic hydroxyl groups is 14. The number of likely N-dealkylation sites (N-methyl/N-ethyl adjacent to an activating group) is 1. The zero-order valence-electron chi connectivity index (χ0n) is 64.6. The number of benzene rings is 7. The Morgan fingerprint density at radius 1 is 0.537 bits per heavy atom. The molecule has 2 fully saturated rings. The number of carbonyl (C=O) groups is 2. The number of aromatic hydroxyl groups is 3. The molecule has 0 aliphatic carbocycles. The van der Waals surface area contributed by atoms with Crippen LogP contribution in [0.2, 0.25) is 10.0 Å². The summed E-state index contributed by atoms with van der Waals surface area (Å²) in [6, 6.07) is 7.69. The van der Waals surface area contributed by atoms with Gasteiger partial charge in [-0.15, -0.1) is 0 Å². The first-order valence-corrected chi connectivity index (χ1v) is 39.3. The first kappa shape index (κ1) is 87.2. The lowest BCUT2D eigenvalue weighted by Gasteiger charge is -2.39. The van der Waals surface area contributed by atoms with Crippen LogP contribution in [0.15, 0.2) is 156 Å². The number of phenols is 3. The molecule has 17 bridgehead atoms. The second-order valence-electron chi connectivity index (χ2n) is 30.0. The Morgan fingerprint density at radius 2 is 1.18 bits per heavy atom. The van der Waals surface area contributed by atoms with Gasteiger partial charge in [0.25, 0.3) is 0 Å². The molecule has 20 N–H and O–H groups in total. The lowest BCUT2D eigenvalue weighted by molar-refractivity contribution is -0.277. The Morgan fingerprint density at radius 3 is 1.88 bits per heavy atom. The van der Waals surface area contributed by atoms with Gasteiger partial charge in [0.1, 0.15) is 95.4 Å². The number of hydrogen-bond donors (Lipinski definition) is 20. The minimum atomic E-state index is -2.42. The van der Waals surface area contributed by atoms with Crippen molar-refractivity contribution in [2.45, 2.75) is 181 Å². The van der Waals surface area contributed by atoms with E-state index in [9.17, 15) is 107 Å². The molecule has 642 valence electrons. The number of aliphatic imine (C=N–C) groups is 7. The van der Waals surface area contributed by atoms with E-state index >= 15 is 0 Å². The molecule has 0 aromatic heterocycles. The molecule has 18 atom stereocenters. The molecule has 7 aromatic carbocycles. The first-order valence-electron chi connectivity index (χ1n) is 38.5. The second-order valence-corrected chi connectivity index (χ2v) is 30.8. The van der Waals surface area contributed by atoms with Crippen LogP contribution >= 0.6 is 23.2 Å². The van der Waals surface area contributed by atoms with Crippen LogP contribution in [0.4, 0.5) is 0 Å². The molecular weight excluding hydrogens is 1630 g/mol. The summed E-state index contributed by atoms with van der Waals surface area (Å²) in [5.74, 6) is -16.1. The highest BCUT2D eigenvalue weighted by Gasteiger charge is 2.51. The number of carboxylic acid groups (broad SMARTS) is 2. The van der Waals surface area contributed by atoms with Crippen molar-refractivity contribution in [3.05, 3.63) is 170 Å². The first-order chi connectivity index (χ1) is 57.8. The van der Waals surface area contributed by atoms with Gasteiger partial charge in [-0.05, 0) is 126 Å². The third-order valence-corrected chi connectivity index (χ3v) is 21.9. The number of ether oxygens (including phenoxy) is 7. The fraction of sp³-hybridized carbons (Fsp3) is 0.386. The van der Waals surface area contributed by atoms with E-state index < -0.39 is 253 Å². The highest BCUT2D eigenvalue weighted by molar-refractivity contribution is 6.33. The minimum absolute atomic E-state index is 0.0780. The van der Waals surface area contributed by atoms with Crippen LogP contribution in [0.3, 0.4) is 0 Å². The molecule has 0 spiro atoms. The average molecular weight is 1720 g/mol. The summed E-state index contributed by atoms with van der Waals surface area (Å²) < 4.78 is 44.3. The van der Waals surface area contributed by atoms with Crippen molar-refractivity contribution in [3.63, 3.8) is 0 Å². The van der Waals surface area contributed by atoms with Crippen molar-refractivity contribution in [2.24, 2.45) is 40.9 Å². The van der Waals surface area contributed by atoms with Crippen molar-refractivity contribution in [1.29, 1.82) is 0 Å². The van der Waals surface area contributed by atoms with Crippen molar-refractivity contribution in [2.75, 3.05) is 13.7 Å². The summed E-state index contributed by atoms with van der Waals surface area (Å²) in [5, 5.41) is 227. The van der Waals surface area contributed by atoms with Gasteiger partial charge in [-0.2, -0.15) is 0 Å². The van der Waals surface area contributed by atoms with E-state index in [1.165, 1.54) is 61.6 Å². The van der Waals surface area contributed by atoms with E-state index in [0.717, 1.165) is 98.8 Å². The molecular formula is C83H88Cl2N8O28. The molecule has 36 nitrogen and oxygen atoms in total. The molecule has 38 heteroatoms. The normalized spacial score (nSPS) is 26.8. The Bertz CT molecular complexity index is 5260. The van der Waals surface area contributed by atoms with E-state index in [4.69, 9.17) is 56.4 Å². The van der Waals surface area contributed by atoms with Gasteiger partial charge in [0.2, 0.25) is 53.7 Å². The smallest absolute Gasteiger partial charge is 0.335 e. The van der Waals surface area contributed by atoms with Gasteiger partial charge in [0, 0.05) is 35.6 Å². The maximum Gasteiger partial charge on any atom is 0.335 e. The number of phenolic OH excluding ortho intramolecular Hbond substituents is 3. The Kier molecular flexibility index (Phi) is 26.8. The third kappa shape index (κ3) is 18.9. The van der Waals surface area contributed by atoms with E-state index in [-0.39, 0.29) is 46.8 Å². The molecule has 8 aliphatic heterocycles. The van der Waals surface area contributed by atoms with Gasteiger partial charge in [0.05, 0.1) is 16.7 Å². The number of hydrogen-bond acceptors (Lipinski definition) is 27. The maximum atomic E-state index is 13.8. The van der Waals surface area contributed by atoms with Gasteiger partial charge in [-0.25, -0.2) is 44.5 Å². The van der Waals surface area contributed by atoms with Crippen molar-refractivity contribution in [1.82, 2.24) is 5.32 Å². The standard InChI is InChI=1S/C83H88Cl2N8O28/c1-34(2)11-8-6-4-5-7-9-14-56(98)88-65-68(101)70(103)73(81(113)114)121-82(65)120-72-53-29-39-30-54(72)117-50-24-19-38(27-45(50)84)66(99)64-79(110)92-63(80(111)112)42-12-10-13-51(118-83-71(104)69(102)67(100)55(33-94)119-83)57(42)43-26-36(17-22-47(43)95)60(76(107)93-64)89-77(108)61(39)90-78(109)62-44-31-41(32-49(97)58(44)85)116-52-28-37(18-23-48(52)96)59(86-3)75(106)87-46(74(105)91-62)25-35-15-20-40(115-53)21-16-35/h10,12-13,15-24,26-32,34,46,55,59-71,73,82-83,86,94-97,99-104H,4-9,11,14,25,33H2,1-3H3,(H,87,106)(H,88,98)(H,89,108)(H,90,109)(H,91,105)(H,92,110)(H,93,107)(H,111,112)(H,113,114). The molecule has 0 saturated carbocycles. The molecule has 0 radical (unpaired) electrons. The summed E-state index contributed by atoms with van der Waals surface area (Å²) in [7, 11) is 1.46. The molecule has 8 heterocycles. The van der Waals surface area contributed by atoms with Crippen LogP contribution in [0.25, 0.3) is 11.1 Å². The second kappa shape index (κ2) is 37.1. The van der Waals surface area contributed by atoms with Gasteiger partial charge >= 0.3 is 11.9 Å². The SMILES string of the molecule is CNC1C(O)=NC2Cc3ccc(cc3)Oc3cc4cc(c3OC3OC(C(=O)O)C(O)C(O)C3N=C(O)CCCCCCCCC(C)C)Oc3ccc(cc3Cl)C(O)C3N=C(O)C(N=C(O)C4N=C(O)C(N=C2O)c2cc(cc(O)c2Cl)Oc2cc1ccc2O)c1ccc(O)c(c1)-c1c(OC2OC(CO)C(O)C(O)C2O)cccc1C(C(=O)O)N=C3O. The highest BCUT2D eigenvalue weighted by Crippen LogP contribution is 2.51. The number of carboxylic acids is 2. The Balaban J connectivity index is 1.09. The largest absolute Gasteiger partial charge is 0.507 e. The zero-order chi connectivity index (χ0) is 86.7. The van der Waals surface area contributed by atoms with Crippen LogP contribution in [0.1, 0.15) is 140 Å². The highest BCUT2D eigenvalue weighted by atomic mass is 35.5. The van der Waals surface area contributed by atoms with E-state index in [2.05, 4.69) is 54.1 Å². The summed E-state index contributed by atoms with van der Waals surface area (Å²) >= 11 is 14.2. The summed E-state index contributed by atoms with van der Waals surface area (Å²) in [5.41, 5.74) is -2.39. The van der Waals surface area contributed by atoms with Crippen molar-refractivity contribution in [3.8, 4) is 74.4 Å². The number of aliphatic hydroxyl groups excluding tert-OH is 14. The van der Waals surface area contributed by atoms with E-state index in [0.29, 0.717) is 24.3 Å². The number of halogens is 2. The van der Waals surface area contributed by atoms with E-state index in [1.807, 2.05) is 0 Å². The predicted molar refractivity (Wildman–Crippen MR) is 435 cm³/mol. The number of nitrogens with zero attached hydrogens (tertiary/aromatic N) is 7. The number of rotatable bonds is 18. The molecule has 18 unspecified atom stereocenters. The molecule has 0 amide bonds. The van der Waals surface area contributed by atoms with Crippen LogP contribution < -0.4 is 29.0 Å². The summed E-state index contributed by atoms with van der Waals surface area (Å²) in [6.45, 7) is 3.35. The van der Waals surface area contributed by atoms with Crippen LogP contribution in [0.5, 0.6) is 63.2 Å². The average Bonchev–Trinajstić information content (AvgIpc) is 0.756. The zero-order valence-corrected chi connectivity index (χ0v) is 66.2.